The lowest BCUT2D eigenvalue weighted by atomic mass is 10.4. The number of imidazole rings is 1. The zero-order valence-corrected chi connectivity index (χ0v) is 6.88. The number of hydrogen-bond donors (Lipinski definition) is 0. The first kappa shape index (κ1) is 6.67. The van der Waals surface area contributed by atoms with E-state index in [9.17, 15) is 0 Å². The number of aromatic nitrogens is 3. The predicted molar refractivity (Wildman–Crippen MR) is 46.4 cm³/mol. The largest absolute Gasteiger partial charge is 0.272 e. The molecule has 0 aliphatic heterocycles. The lowest BCUT2D eigenvalue weighted by Gasteiger charge is -1.94. The standard InChI is InChI=1S/C7H7N3S/c1-11-10-5-9-6-4-8-3-2-7(6)10/h2-5H,1H3. The summed E-state index contributed by atoms with van der Waals surface area (Å²) in [6.45, 7) is 0. The van der Waals surface area contributed by atoms with Crippen LogP contribution in [0.15, 0.2) is 24.8 Å². The zero-order valence-electron chi connectivity index (χ0n) is 6.06. The van der Waals surface area contributed by atoms with Gasteiger partial charge in [-0.2, -0.15) is 0 Å². The molecule has 0 aromatic carbocycles. The molecule has 0 atom stereocenters. The number of pyridine rings is 1. The molecule has 0 fully saturated rings. The lowest BCUT2D eigenvalue weighted by molar-refractivity contribution is 1.27. The van der Waals surface area contributed by atoms with Crippen molar-refractivity contribution in [2.24, 2.45) is 0 Å². The van der Waals surface area contributed by atoms with Crippen LogP contribution in [0, 0.1) is 0 Å². The van der Waals surface area contributed by atoms with Gasteiger partial charge in [0.2, 0.25) is 0 Å². The van der Waals surface area contributed by atoms with Crippen molar-refractivity contribution in [2.45, 2.75) is 0 Å². The van der Waals surface area contributed by atoms with Gasteiger partial charge in [0.1, 0.15) is 11.8 Å². The fraction of sp³-hybridized carbons (Fsp3) is 0.143. The summed E-state index contributed by atoms with van der Waals surface area (Å²) in [7, 11) is 0. The van der Waals surface area contributed by atoms with Gasteiger partial charge in [0.25, 0.3) is 0 Å². The number of hydrogen-bond acceptors (Lipinski definition) is 3. The Labute approximate surface area is 68.6 Å². The van der Waals surface area contributed by atoms with Gasteiger partial charge in [-0.05, 0) is 18.0 Å². The Bertz CT molecular complexity index is 368. The Morgan fingerprint density at radius 3 is 3.27 bits per heavy atom. The van der Waals surface area contributed by atoms with E-state index in [2.05, 4.69) is 9.97 Å². The van der Waals surface area contributed by atoms with Gasteiger partial charge in [-0.25, -0.2) is 4.98 Å². The summed E-state index contributed by atoms with van der Waals surface area (Å²) < 4.78 is 2.01. The second kappa shape index (κ2) is 2.54. The molecule has 0 saturated carbocycles. The molecule has 2 rings (SSSR count). The molecule has 2 heterocycles. The van der Waals surface area contributed by atoms with Crippen molar-refractivity contribution in [3.8, 4) is 0 Å². The Hall–Kier alpha value is -1.03. The minimum absolute atomic E-state index is 0.946. The molecule has 3 nitrogen and oxygen atoms in total. The first-order valence-electron chi connectivity index (χ1n) is 3.23. The van der Waals surface area contributed by atoms with Crippen molar-refractivity contribution in [2.75, 3.05) is 6.26 Å². The molecule has 0 aliphatic rings. The third-order valence-corrected chi connectivity index (χ3v) is 2.20. The Balaban J connectivity index is 2.76. The quantitative estimate of drug-likeness (QED) is 0.642. The van der Waals surface area contributed by atoms with E-state index in [0.717, 1.165) is 11.0 Å². The van der Waals surface area contributed by atoms with Crippen LogP contribution < -0.4 is 0 Å². The van der Waals surface area contributed by atoms with Gasteiger partial charge in [0.15, 0.2) is 0 Å². The molecule has 4 heteroatoms. The Morgan fingerprint density at radius 2 is 2.45 bits per heavy atom. The summed E-state index contributed by atoms with van der Waals surface area (Å²) >= 11 is 1.63. The maximum absolute atomic E-state index is 4.17. The summed E-state index contributed by atoms with van der Waals surface area (Å²) in [5, 5.41) is 0. The molecule has 0 aliphatic carbocycles. The van der Waals surface area contributed by atoms with Gasteiger partial charge in [0.05, 0.1) is 11.7 Å². The highest BCUT2D eigenvalue weighted by Crippen LogP contribution is 2.14. The first-order valence-corrected chi connectivity index (χ1v) is 4.41. The Kier molecular flexibility index (Phi) is 1.54. The van der Waals surface area contributed by atoms with E-state index in [1.54, 1.807) is 30.7 Å². The normalized spacial score (nSPS) is 10.6. The topological polar surface area (TPSA) is 30.7 Å². The maximum Gasteiger partial charge on any atom is 0.108 e. The van der Waals surface area contributed by atoms with E-state index in [1.807, 2.05) is 16.3 Å². The molecule has 0 unspecified atom stereocenters. The van der Waals surface area contributed by atoms with E-state index in [-0.39, 0.29) is 0 Å². The van der Waals surface area contributed by atoms with Gasteiger partial charge >= 0.3 is 0 Å². The molecular weight excluding hydrogens is 158 g/mol. The summed E-state index contributed by atoms with van der Waals surface area (Å²) in [4.78, 5) is 8.14. The van der Waals surface area contributed by atoms with Crippen molar-refractivity contribution >= 4 is 23.0 Å². The molecule has 0 N–H and O–H groups in total. The van der Waals surface area contributed by atoms with Gasteiger partial charge in [-0.15, -0.1) is 0 Å². The molecule has 0 bridgehead atoms. The summed E-state index contributed by atoms with van der Waals surface area (Å²) in [5.74, 6) is 0. The van der Waals surface area contributed by atoms with Gasteiger partial charge in [0, 0.05) is 12.5 Å². The van der Waals surface area contributed by atoms with Crippen LogP contribution in [0.25, 0.3) is 11.0 Å². The zero-order chi connectivity index (χ0) is 7.68. The van der Waals surface area contributed by atoms with E-state index in [1.165, 1.54) is 0 Å². The first-order chi connectivity index (χ1) is 5.42. The molecule has 2 aromatic heterocycles. The summed E-state index contributed by atoms with van der Waals surface area (Å²) in [6.07, 6.45) is 7.36. The highest BCUT2D eigenvalue weighted by atomic mass is 32.2. The fourth-order valence-corrected chi connectivity index (χ4v) is 1.48. The van der Waals surface area contributed by atoms with E-state index in [0.29, 0.717) is 0 Å². The van der Waals surface area contributed by atoms with Crippen LogP contribution in [-0.2, 0) is 0 Å². The molecule has 0 spiro atoms. The van der Waals surface area contributed by atoms with Crippen LogP contribution in [0.1, 0.15) is 0 Å². The minimum Gasteiger partial charge on any atom is -0.272 e. The molecular formula is C7H7N3S. The van der Waals surface area contributed by atoms with Crippen molar-refractivity contribution < 1.29 is 0 Å². The third kappa shape index (κ3) is 0.991. The van der Waals surface area contributed by atoms with Gasteiger partial charge < -0.3 is 0 Å². The van der Waals surface area contributed by atoms with Crippen LogP contribution in [-0.4, -0.2) is 20.2 Å². The second-order valence-corrected chi connectivity index (χ2v) is 2.88. The van der Waals surface area contributed by atoms with Crippen molar-refractivity contribution in [3.05, 3.63) is 24.8 Å². The number of rotatable bonds is 1. The highest BCUT2D eigenvalue weighted by Gasteiger charge is 1.98. The molecule has 0 amide bonds. The van der Waals surface area contributed by atoms with Crippen LogP contribution >= 0.6 is 11.9 Å². The van der Waals surface area contributed by atoms with E-state index in [4.69, 9.17) is 0 Å². The van der Waals surface area contributed by atoms with Gasteiger partial charge in [-0.1, -0.05) is 0 Å². The van der Waals surface area contributed by atoms with Crippen molar-refractivity contribution in [1.29, 1.82) is 0 Å². The monoisotopic (exact) mass is 165 g/mol. The minimum atomic E-state index is 0.946. The number of fused-ring (bicyclic) bond motifs is 1. The summed E-state index contributed by atoms with van der Waals surface area (Å²) in [6, 6.07) is 1.96. The highest BCUT2D eigenvalue weighted by molar-refractivity contribution is 7.97. The average molecular weight is 165 g/mol. The number of nitrogens with zero attached hydrogens (tertiary/aromatic N) is 3. The molecule has 11 heavy (non-hydrogen) atoms. The smallest absolute Gasteiger partial charge is 0.108 e. The SMILES string of the molecule is CSn1cnc2cnccc21. The second-order valence-electron chi connectivity index (χ2n) is 2.12. The van der Waals surface area contributed by atoms with Crippen molar-refractivity contribution in [1.82, 2.24) is 13.9 Å². The van der Waals surface area contributed by atoms with E-state index >= 15 is 0 Å². The van der Waals surface area contributed by atoms with Crippen LogP contribution in [0.2, 0.25) is 0 Å². The van der Waals surface area contributed by atoms with Gasteiger partial charge in [-0.3, -0.25) is 8.96 Å². The van der Waals surface area contributed by atoms with Crippen LogP contribution in [0.3, 0.4) is 0 Å². The third-order valence-electron chi connectivity index (χ3n) is 1.51. The molecule has 0 saturated heterocycles. The van der Waals surface area contributed by atoms with Crippen molar-refractivity contribution in [3.63, 3.8) is 0 Å². The van der Waals surface area contributed by atoms with Crippen LogP contribution in [0.5, 0.6) is 0 Å². The van der Waals surface area contributed by atoms with E-state index < -0.39 is 0 Å². The van der Waals surface area contributed by atoms with Crippen LogP contribution in [0.4, 0.5) is 0 Å². The maximum atomic E-state index is 4.17. The molecule has 2 aromatic rings. The predicted octanol–water partition coefficient (Wildman–Crippen LogP) is 1.56. The molecule has 0 radical (unpaired) electrons. The lowest BCUT2D eigenvalue weighted by Crippen LogP contribution is -1.80. The average Bonchev–Trinajstić information content (AvgIpc) is 2.47. The summed E-state index contributed by atoms with van der Waals surface area (Å²) in [5.41, 5.74) is 2.06. The fourth-order valence-electron chi connectivity index (χ4n) is 0.987. The Morgan fingerprint density at radius 1 is 1.55 bits per heavy atom. The molecule has 56 valence electrons.